The highest BCUT2D eigenvalue weighted by Crippen LogP contribution is 2.11. The summed E-state index contributed by atoms with van der Waals surface area (Å²) >= 11 is 0. The summed E-state index contributed by atoms with van der Waals surface area (Å²) in [5.74, 6) is 0.907. The number of rotatable bonds is 8. The predicted octanol–water partition coefficient (Wildman–Crippen LogP) is 1.51. The van der Waals surface area contributed by atoms with Gasteiger partial charge in [0.2, 0.25) is 0 Å². The fourth-order valence-corrected chi connectivity index (χ4v) is 1.87. The van der Waals surface area contributed by atoms with E-state index in [-0.39, 0.29) is 0 Å². The van der Waals surface area contributed by atoms with Gasteiger partial charge in [-0.1, -0.05) is 17.3 Å². The lowest BCUT2D eigenvalue weighted by Crippen LogP contribution is -2.20. The van der Waals surface area contributed by atoms with Gasteiger partial charge < -0.3 is 10.1 Å². The van der Waals surface area contributed by atoms with Crippen LogP contribution >= 0.6 is 0 Å². The van der Waals surface area contributed by atoms with Gasteiger partial charge in [0.15, 0.2) is 0 Å². The smallest absolute Gasteiger partial charge is 0.118 e. The minimum Gasteiger partial charge on any atom is -0.497 e. The van der Waals surface area contributed by atoms with Gasteiger partial charge in [-0.05, 0) is 43.6 Å². The second kappa shape index (κ2) is 7.53. The number of aromatic nitrogens is 3. The van der Waals surface area contributed by atoms with E-state index in [1.807, 2.05) is 23.0 Å². The Morgan fingerprint density at radius 1 is 1.21 bits per heavy atom. The van der Waals surface area contributed by atoms with E-state index in [2.05, 4.69) is 27.8 Å². The van der Waals surface area contributed by atoms with Crippen molar-refractivity contribution in [3.63, 3.8) is 0 Å². The zero-order chi connectivity index (χ0) is 13.3. The zero-order valence-corrected chi connectivity index (χ0v) is 11.2. The summed E-state index contributed by atoms with van der Waals surface area (Å²) < 4.78 is 6.99. The molecule has 5 nitrogen and oxygen atoms in total. The Morgan fingerprint density at radius 3 is 2.74 bits per heavy atom. The molecule has 0 atom stereocenters. The van der Waals surface area contributed by atoms with Crippen molar-refractivity contribution < 1.29 is 4.74 Å². The minimum absolute atomic E-state index is 0.907. The number of hydrogen-bond acceptors (Lipinski definition) is 4. The molecule has 0 bridgehead atoms. The first-order valence-corrected chi connectivity index (χ1v) is 6.56. The van der Waals surface area contributed by atoms with E-state index < -0.39 is 0 Å². The normalized spacial score (nSPS) is 10.6. The van der Waals surface area contributed by atoms with Crippen LogP contribution in [-0.4, -0.2) is 35.2 Å². The van der Waals surface area contributed by atoms with E-state index in [1.54, 1.807) is 13.3 Å². The fourth-order valence-electron chi connectivity index (χ4n) is 1.87. The SMILES string of the molecule is COc1ccc(CCNCCCn2ccnn2)cc1. The third-order valence-electron chi connectivity index (χ3n) is 2.96. The third kappa shape index (κ3) is 4.71. The minimum atomic E-state index is 0.907. The van der Waals surface area contributed by atoms with E-state index in [1.165, 1.54) is 5.56 Å². The first kappa shape index (κ1) is 13.5. The maximum absolute atomic E-state index is 5.13. The quantitative estimate of drug-likeness (QED) is 0.731. The summed E-state index contributed by atoms with van der Waals surface area (Å²) in [6.07, 6.45) is 5.69. The highest BCUT2D eigenvalue weighted by atomic mass is 16.5. The molecule has 0 spiro atoms. The Morgan fingerprint density at radius 2 is 2.05 bits per heavy atom. The Labute approximate surface area is 113 Å². The molecule has 0 aliphatic heterocycles. The third-order valence-corrected chi connectivity index (χ3v) is 2.96. The highest BCUT2D eigenvalue weighted by Gasteiger charge is 1.95. The van der Waals surface area contributed by atoms with Crippen LogP contribution in [0, 0.1) is 0 Å². The Hall–Kier alpha value is -1.88. The van der Waals surface area contributed by atoms with Crippen LogP contribution in [0.5, 0.6) is 5.75 Å². The lowest BCUT2D eigenvalue weighted by atomic mass is 10.1. The molecule has 5 heteroatoms. The van der Waals surface area contributed by atoms with Crippen LogP contribution in [0.25, 0.3) is 0 Å². The largest absolute Gasteiger partial charge is 0.497 e. The van der Waals surface area contributed by atoms with E-state index in [9.17, 15) is 0 Å². The predicted molar refractivity (Wildman–Crippen MR) is 74.2 cm³/mol. The van der Waals surface area contributed by atoms with Crippen molar-refractivity contribution in [2.24, 2.45) is 0 Å². The summed E-state index contributed by atoms with van der Waals surface area (Å²) in [4.78, 5) is 0. The molecule has 1 N–H and O–H groups in total. The maximum atomic E-state index is 5.13. The van der Waals surface area contributed by atoms with Crippen LogP contribution < -0.4 is 10.1 Å². The Kier molecular flexibility index (Phi) is 5.37. The van der Waals surface area contributed by atoms with Gasteiger partial charge >= 0.3 is 0 Å². The number of aryl methyl sites for hydroxylation is 1. The van der Waals surface area contributed by atoms with Crippen molar-refractivity contribution in [3.8, 4) is 5.75 Å². The molecule has 0 aliphatic carbocycles. The molecule has 0 radical (unpaired) electrons. The van der Waals surface area contributed by atoms with Crippen LogP contribution in [0.4, 0.5) is 0 Å². The average molecular weight is 260 g/mol. The van der Waals surface area contributed by atoms with Crippen LogP contribution in [0.2, 0.25) is 0 Å². The van der Waals surface area contributed by atoms with Crippen molar-refractivity contribution in [2.45, 2.75) is 19.4 Å². The van der Waals surface area contributed by atoms with Crippen LogP contribution in [0.15, 0.2) is 36.7 Å². The number of hydrogen-bond donors (Lipinski definition) is 1. The maximum Gasteiger partial charge on any atom is 0.118 e. The number of nitrogens with zero attached hydrogens (tertiary/aromatic N) is 3. The van der Waals surface area contributed by atoms with Crippen molar-refractivity contribution in [1.82, 2.24) is 20.3 Å². The lowest BCUT2D eigenvalue weighted by molar-refractivity contribution is 0.414. The molecular weight excluding hydrogens is 240 g/mol. The first-order chi connectivity index (χ1) is 9.38. The lowest BCUT2D eigenvalue weighted by Gasteiger charge is -2.06. The molecule has 0 aliphatic rings. The molecule has 0 saturated heterocycles. The topological polar surface area (TPSA) is 52.0 Å². The number of ether oxygens (including phenoxy) is 1. The zero-order valence-electron chi connectivity index (χ0n) is 11.2. The van der Waals surface area contributed by atoms with Crippen LogP contribution in [0.3, 0.4) is 0 Å². The van der Waals surface area contributed by atoms with Gasteiger partial charge in [0.25, 0.3) is 0 Å². The van der Waals surface area contributed by atoms with Crippen molar-refractivity contribution >= 4 is 0 Å². The van der Waals surface area contributed by atoms with E-state index in [4.69, 9.17) is 4.74 Å². The van der Waals surface area contributed by atoms with Crippen molar-refractivity contribution in [3.05, 3.63) is 42.2 Å². The molecular formula is C14H20N4O. The van der Waals surface area contributed by atoms with E-state index in [0.717, 1.165) is 38.2 Å². The summed E-state index contributed by atoms with van der Waals surface area (Å²) in [7, 11) is 1.69. The first-order valence-electron chi connectivity index (χ1n) is 6.56. The second-order valence-corrected chi connectivity index (χ2v) is 4.37. The van der Waals surface area contributed by atoms with Crippen molar-refractivity contribution in [2.75, 3.05) is 20.2 Å². The summed E-state index contributed by atoms with van der Waals surface area (Å²) in [6.45, 7) is 2.90. The number of nitrogens with one attached hydrogen (secondary N) is 1. The Balaban J connectivity index is 1.56. The molecule has 0 saturated carbocycles. The molecule has 2 rings (SSSR count). The molecule has 1 aromatic heterocycles. The van der Waals surface area contributed by atoms with Gasteiger partial charge in [0.1, 0.15) is 5.75 Å². The standard InChI is InChI=1S/C14H20N4O/c1-19-14-5-3-13(4-6-14)7-9-15-8-2-11-18-12-10-16-17-18/h3-6,10,12,15H,2,7-9,11H2,1H3. The van der Waals surface area contributed by atoms with E-state index in [0.29, 0.717) is 0 Å². The van der Waals surface area contributed by atoms with Gasteiger partial charge in [0.05, 0.1) is 13.3 Å². The Bertz CT molecular complexity index is 453. The second-order valence-electron chi connectivity index (χ2n) is 4.37. The fraction of sp³-hybridized carbons (Fsp3) is 0.429. The molecule has 0 unspecified atom stereocenters. The molecule has 0 fully saturated rings. The summed E-state index contributed by atoms with van der Waals surface area (Å²) in [6, 6.07) is 8.21. The summed E-state index contributed by atoms with van der Waals surface area (Å²) in [5.41, 5.74) is 1.32. The van der Waals surface area contributed by atoms with Gasteiger partial charge in [-0.2, -0.15) is 0 Å². The van der Waals surface area contributed by atoms with Crippen LogP contribution in [-0.2, 0) is 13.0 Å². The van der Waals surface area contributed by atoms with Gasteiger partial charge in [-0.3, -0.25) is 4.68 Å². The van der Waals surface area contributed by atoms with Gasteiger partial charge in [-0.25, -0.2) is 0 Å². The highest BCUT2D eigenvalue weighted by molar-refractivity contribution is 5.27. The molecule has 1 aromatic carbocycles. The number of benzene rings is 1. The molecule has 102 valence electrons. The molecule has 19 heavy (non-hydrogen) atoms. The van der Waals surface area contributed by atoms with Crippen LogP contribution in [0.1, 0.15) is 12.0 Å². The molecule has 1 heterocycles. The van der Waals surface area contributed by atoms with Gasteiger partial charge in [-0.15, -0.1) is 5.10 Å². The number of methoxy groups -OCH3 is 1. The monoisotopic (exact) mass is 260 g/mol. The molecule has 0 amide bonds. The van der Waals surface area contributed by atoms with E-state index >= 15 is 0 Å². The average Bonchev–Trinajstić information content (AvgIpc) is 2.96. The molecule has 2 aromatic rings. The van der Waals surface area contributed by atoms with Crippen molar-refractivity contribution in [1.29, 1.82) is 0 Å². The van der Waals surface area contributed by atoms with Gasteiger partial charge in [0, 0.05) is 12.7 Å². The summed E-state index contributed by atoms with van der Waals surface area (Å²) in [5, 5.41) is 11.1.